The van der Waals surface area contributed by atoms with E-state index in [1.54, 1.807) is 6.08 Å². The molecule has 0 amide bonds. The Hall–Kier alpha value is -1.85. The zero-order valence-electron chi connectivity index (χ0n) is 6.87. The molecule has 13 heavy (non-hydrogen) atoms. The molecule has 0 bridgehead atoms. The van der Waals surface area contributed by atoms with Crippen molar-refractivity contribution in [3.8, 4) is 0 Å². The fourth-order valence-electron chi connectivity index (χ4n) is 0.876. The number of hydrogen-bond donors (Lipinski definition) is 2. The SMILES string of the molecule is C=CCCn1c(=O)[nH]c(=O)[nH]c1=O. The van der Waals surface area contributed by atoms with Gasteiger partial charge in [-0.1, -0.05) is 6.08 Å². The van der Waals surface area contributed by atoms with Crippen LogP contribution in [0.1, 0.15) is 6.42 Å². The van der Waals surface area contributed by atoms with E-state index in [2.05, 4.69) is 6.58 Å². The van der Waals surface area contributed by atoms with Crippen LogP contribution in [-0.4, -0.2) is 14.5 Å². The van der Waals surface area contributed by atoms with Crippen molar-refractivity contribution in [3.05, 3.63) is 44.1 Å². The lowest BCUT2D eigenvalue weighted by Gasteiger charge is -1.98. The molecular weight excluding hydrogens is 174 g/mol. The predicted octanol–water partition coefficient (Wildman–Crippen LogP) is -1.20. The third-order valence-electron chi connectivity index (χ3n) is 1.49. The minimum Gasteiger partial charge on any atom is -0.259 e. The van der Waals surface area contributed by atoms with Crippen molar-refractivity contribution in [3.63, 3.8) is 0 Å². The predicted molar refractivity (Wildman–Crippen MR) is 46.8 cm³/mol. The van der Waals surface area contributed by atoms with Crippen molar-refractivity contribution >= 4 is 0 Å². The third kappa shape index (κ3) is 2.05. The van der Waals surface area contributed by atoms with Crippen LogP contribution in [0.15, 0.2) is 27.0 Å². The van der Waals surface area contributed by atoms with Crippen molar-refractivity contribution in [1.29, 1.82) is 0 Å². The van der Waals surface area contributed by atoms with Crippen molar-refractivity contribution in [2.45, 2.75) is 13.0 Å². The van der Waals surface area contributed by atoms with Crippen molar-refractivity contribution < 1.29 is 0 Å². The van der Waals surface area contributed by atoms with Crippen LogP contribution in [0.25, 0.3) is 0 Å². The Morgan fingerprint density at radius 3 is 2.23 bits per heavy atom. The van der Waals surface area contributed by atoms with Crippen LogP contribution < -0.4 is 17.1 Å². The first kappa shape index (κ1) is 9.24. The third-order valence-corrected chi connectivity index (χ3v) is 1.49. The van der Waals surface area contributed by atoms with Gasteiger partial charge in [0.05, 0.1) is 0 Å². The van der Waals surface area contributed by atoms with Gasteiger partial charge in [-0.2, -0.15) is 0 Å². The number of allylic oxidation sites excluding steroid dienone is 1. The Morgan fingerprint density at radius 1 is 1.23 bits per heavy atom. The van der Waals surface area contributed by atoms with Crippen LogP contribution in [0.3, 0.4) is 0 Å². The molecule has 0 spiro atoms. The normalized spacial score (nSPS) is 9.85. The number of H-pyrrole nitrogens is 2. The summed E-state index contributed by atoms with van der Waals surface area (Å²) < 4.78 is 0.906. The topological polar surface area (TPSA) is 87.7 Å². The molecule has 1 rings (SSSR count). The second kappa shape index (κ2) is 3.70. The summed E-state index contributed by atoms with van der Waals surface area (Å²) in [5.41, 5.74) is -2.18. The van der Waals surface area contributed by atoms with Crippen molar-refractivity contribution in [1.82, 2.24) is 14.5 Å². The quantitative estimate of drug-likeness (QED) is 0.577. The van der Waals surface area contributed by atoms with Crippen molar-refractivity contribution in [2.24, 2.45) is 0 Å². The summed E-state index contributed by atoms with van der Waals surface area (Å²) in [6.07, 6.45) is 2.08. The smallest absolute Gasteiger partial charge is 0.259 e. The molecule has 0 aromatic carbocycles. The molecule has 2 N–H and O–H groups in total. The first-order chi connectivity index (χ1) is 6.15. The van der Waals surface area contributed by atoms with Gasteiger partial charge >= 0.3 is 17.1 Å². The van der Waals surface area contributed by atoms with E-state index in [9.17, 15) is 14.4 Å². The summed E-state index contributed by atoms with van der Waals surface area (Å²) in [5.74, 6) is 0. The molecule has 0 unspecified atom stereocenters. The summed E-state index contributed by atoms with van der Waals surface area (Å²) >= 11 is 0. The standard InChI is InChI=1S/C7H9N3O3/c1-2-3-4-10-6(12)8-5(11)9-7(10)13/h2H,1,3-4H2,(H2,8,9,11,12,13). The summed E-state index contributed by atoms with van der Waals surface area (Å²) in [5, 5.41) is 0. The van der Waals surface area contributed by atoms with E-state index < -0.39 is 17.1 Å². The van der Waals surface area contributed by atoms with Gasteiger partial charge in [0.25, 0.3) is 0 Å². The van der Waals surface area contributed by atoms with E-state index in [1.807, 2.05) is 9.97 Å². The minimum atomic E-state index is -0.787. The zero-order chi connectivity index (χ0) is 9.84. The molecule has 1 heterocycles. The molecule has 0 aliphatic heterocycles. The Labute approximate surface area is 72.6 Å². The van der Waals surface area contributed by atoms with Crippen LogP contribution in [0.4, 0.5) is 0 Å². The van der Waals surface area contributed by atoms with Gasteiger partial charge in [0.2, 0.25) is 0 Å². The molecule has 0 fully saturated rings. The average molecular weight is 183 g/mol. The molecule has 0 saturated carbocycles. The summed E-state index contributed by atoms with van der Waals surface area (Å²) in [6.45, 7) is 3.67. The molecule has 0 saturated heterocycles. The minimum absolute atomic E-state index is 0.217. The van der Waals surface area contributed by atoms with Gasteiger partial charge in [-0.3, -0.25) is 9.97 Å². The second-order valence-electron chi connectivity index (χ2n) is 2.42. The number of nitrogens with zero attached hydrogens (tertiary/aromatic N) is 1. The van der Waals surface area contributed by atoms with Crippen molar-refractivity contribution in [2.75, 3.05) is 0 Å². The van der Waals surface area contributed by atoms with Gasteiger partial charge < -0.3 is 0 Å². The molecule has 6 heteroatoms. The summed E-state index contributed by atoms with van der Waals surface area (Å²) in [6, 6.07) is 0. The number of aromatic amines is 2. The van der Waals surface area contributed by atoms with E-state index in [0.717, 1.165) is 4.57 Å². The van der Waals surface area contributed by atoms with Gasteiger partial charge in [0, 0.05) is 6.54 Å². The maximum Gasteiger partial charge on any atom is 0.333 e. The van der Waals surface area contributed by atoms with E-state index in [1.165, 1.54) is 0 Å². The number of nitrogens with one attached hydrogen (secondary N) is 2. The molecule has 0 radical (unpaired) electrons. The number of aromatic nitrogens is 3. The highest BCUT2D eigenvalue weighted by atomic mass is 16.2. The lowest BCUT2D eigenvalue weighted by atomic mass is 10.4. The average Bonchev–Trinajstić information content (AvgIpc) is 2.02. The van der Waals surface area contributed by atoms with Gasteiger partial charge in [0.15, 0.2) is 0 Å². The van der Waals surface area contributed by atoms with Crippen LogP contribution in [0, 0.1) is 0 Å². The van der Waals surface area contributed by atoms with Crippen LogP contribution in [0.2, 0.25) is 0 Å². The monoisotopic (exact) mass is 183 g/mol. The van der Waals surface area contributed by atoms with E-state index >= 15 is 0 Å². The lowest BCUT2D eigenvalue weighted by molar-refractivity contribution is 0.603. The number of rotatable bonds is 3. The van der Waals surface area contributed by atoms with Gasteiger partial charge in [0.1, 0.15) is 0 Å². The van der Waals surface area contributed by atoms with Crippen LogP contribution in [0.5, 0.6) is 0 Å². The van der Waals surface area contributed by atoms with Gasteiger partial charge in [-0.05, 0) is 6.42 Å². The van der Waals surface area contributed by atoms with Gasteiger partial charge in [-0.15, -0.1) is 6.58 Å². The summed E-state index contributed by atoms with van der Waals surface area (Å²) in [4.78, 5) is 36.5. The molecule has 0 atom stereocenters. The first-order valence-electron chi connectivity index (χ1n) is 3.69. The zero-order valence-corrected chi connectivity index (χ0v) is 6.87. The molecule has 1 aromatic heterocycles. The lowest BCUT2D eigenvalue weighted by Crippen LogP contribution is -2.43. The Balaban J connectivity index is 3.22. The van der Waals surface area contributed by atoms with E-state index in [0.29, 0.717) is 6.42 Å². The Kier molecular flexibility index (Phi) is 2.63. The molecule has 70 valence electrons. The highest BCUT2D eigenvalue weighted by Crippen LogP contribution is 1.79. The highest BCUT2D eigenvalue weighted by molar-refractivity contribution is 4.72. The Morgan fingerprint density at radius 2 is 1.77 bits per heavy atom. The maximum absolute atomic E-state index is 11.0. The first-order valence-corrected chi connectivity index (χ1v) is 3.69. The van der Waals surface area contributed by atoms with Crippen LogP contribution >= 0.6 is 0 Å². The maximum atomic E-state index is 11.0. The van der Waals surface area contributed by atoms with E-state index in [-0.39, 0.29) is 6.54 Å². The molecule has 1 aromatic rings. The van der Waals surface area contributed by atoms with E-state index in [4.69, 9.17) is 0 Å². The second-order valence-corrected chi connectivity index (χ2v) is 2.42. The Bertz CT molecular complexity index is 431. The molecule has 6 nitrogen and oxygen atoms in total. The molecule has 0 aliphatic rings. The van der Waals surface area contributed by atoms with Gasteiger partial charge in [-0.25, -0.2) is 19.0 Å². The molecular formula is C7H9N3O3. The number of hydrogen-bond acceptors (Lipinski definition) is 3. The fraction of sp³-hybridized carbons (Fsp3) is 0.286. The fourth-order valence-corrected chi connectivity index (χ4v) is 0.876. The highest BCUT2D eigenvalue weighted by Gasteiger charge is 1.99. The van der Waals surface area contributed by atoms with Crippen LogP contribution in [-0.2, 0) is 6.54 Å². The molecule has 0 aliphatic carbocycles. The largest absolute Gasteiger partial charge is 0.333 e. The summed E-state index contributed by atoms with van der Waals surface area (Å²) in [7, 11) is 0.